The SMILES string of the molecule is CCCCNc1nc(N)nc2c1CCN(C(=O)c1csc(N)n1)C2. The summed E-state index contributed by atoms with van der Waals surface area (Å²) >= 11 is 1.26. The Kier molecular flexibility index (Phi) is 4.79. The molecule has 0 saturated heterocycles. The molecule has 0 radical (unpaired) electrons. The number of fused-ring (bicyclic) bond motifs is 1. The second kappa shape index (κ2) is 7.00. The molecular weight excluding hydrogens is 326 g/mol. The lowest BCUT2D eigenvalue weighted by Gasteiger charge is -2.28. The van der Waals surface area contributed by atoms with E-state index < -0.39 is 0 Å². The zero-order valence-electron chi connectivity index (χ0n) is 13.6. The molecule has 9 heteroatoms. The fourth-order valence-electron chi connectivity index (χ4n) is 2.70. The fraction of sp³-hybridized carbons (Fsp3) is 0.467. The number of nitrogen functional groups attached to an aromatic ring is 2. The van der Waals surface area contributed by atoms with Gasteiger partial charge >= 0.3 is 0 Å². The molecule has 2 aromatic rings. The molecule has 1 amide bonds. The number of hydrogen-bond donors (Lipinski definition) is 3. The lowest BCUT2D eigenvalue weighted by atomic mass is 10.0. The highest BCUT2D eigenvalue weighted by atomic mass is 32.1. The van der Waals surface area contributed by atoms with Gasteiger partial charge in [0.1, 0.15) is 11.5 Å². The van der Waals surface area contributed by atoms with Gasteiger partial charge in [0.25, 0.3) is 5.91 Å². The van der Waals surface area contributed by atoms with E-state index in [2.05, 4.69) is 27.2 Å². The third kappa shape index (κ3) is 3.40. The van der Waals surface area contributed by atoms with Gasteiger partial charge in [-0.1, -0.05) is 13.3 Å². The van der Waals surface area contributed by atoms with Gasteiger partial charge in [0.15, 0.2) is 5.13 Å². The first-order valence-corrected chi connectivity index (χ1v) is 8.86. The summed E-state index contributed by atoms with van der Waals surface area (Å²) in [5, 5.41) is 5.40. The van der Waals surface area contributed by atoms with Gasteiger partial charge in [0, 0.05) is 24.0 Å². The van der Waals surface area contributed by atoms with Crippen LogP contribution >= 0.6 is 11.3 Å². The second-order valence-corrected chi connectivity index (χ2v) is 6.57. The van der Waals surface area contributed by atoms with Crippen LogP contribution in [0.4, 0.5) is 16.9 Å². The van der Waals surface area contributed by atoms with Crippen molar-refractivity contribution in [2.45, 2.75) is 32.7 Å². The molecule has 0 aliphatic carbocycles. The van der Waals surface area contributed by atoms with E-state index in [0.717, 1.165) is 36.5 Å². The number of rotatable bonds is 5. The highest BCUT2D eigenvalue weighted by Gasteiger charge is 2.26. The van der Waals surface area contributed by atoms with E-state index in [4.69, 9.17) is 11.5 Å². The second-order valence-electron chi connectivity index (χ2n) is 5.68. The van der Waals surface area contributed by atoms with Crippen molar-refractivity contribution in [3.05, 3.63) is 22.3 Å². The highest BCUT2D eigenvalue weighted by molar-refractivity contribution is 7.13. The normalized spacial score (nSPS) is 13.6. The van der Waals surface area contributed by atoms with Gasteiger partial charge in [-0.15, -0.1) is 11.3 Å². The number of aromatic nitrogens is 3. The summed E-state index contributed by atoms with van der Waals surface area (Å²) in [5.41, 5.74) is 13.7. The third-order valence-electron chi connectivity index (χ3n) is 3.93. The Labute approximate surface area is 144 Å². The number of nitrogens with one attached hydrogen (secondary N) is 1. The van der Waals surface area contributed by atoms with Crippen molar-refractivity contribution in [1.82, 2.24) is 19.9 Å². The minimum atomic E-state index is -0.133. The van der Waals surface area contributed by atoms with Crippen molar-refractivity contribution >= 4 is 34.1 Å². The van der Waals surface area contributed by atoms with E-state index in [0.29, 0.717) is 30.3 Å². The molecule has 2 aromatic heterocycles. The molecule has 0 fully saturated rings. The summed E-state index contributed by atoms with van der Waals surface area (Å²) < 4.78 is 0. The maximum absolute atomic E-state index is 12.5. The zero-order chi connectivity index (χ0) is 17.1. The van der Waals surface area contributed by atoms with Crippen LogP contribution in [0, 0.1) is 0 Å². The summed E-state index contributed by atoms with van der Waals surface area (Å²) in [7, 11) is 0. The van der Waals surface area contributed by atoms with Gasteiger partial charge in [-0.3, -0.25) is 4.79 Å². The zero-order valence-corrected chi connectivity index (χ0v) is 14.4. The molecule has 24 heavy (non-hydrogen) atoms. The number of carbonyl (C=O) groups is 1. The van der Waals surface area contributed by atoms with Crippen LogP contribution in [-0.2, 0) is 13.0 Å². The quantitative estimate of drug-likeness (QED) is 0.700. The van der Waals surface area contributed by atoms with Gasteiger partial charge in [-0.2, -0.15) is 4.98 Å². The molecule has 1 aliphatic rings. The number of nitrogens with zero attached hydrogens (tertiary/aromatic N) is 4. The Morgan fingerprint density at radius 1 is 1.38 bits per heavy atom. The van der Waals surface area contributed by atoms with Crippen LogP contribution in [0.5, 0.6) is 0 Å². The average Bonchev–Trinajstić information content (AvgIpc) is 3.00. The molecule has 128 valence electrons. The Balaban J connectivity index is 1.79. The van der Waals surface area contributed by atoms with E-state index in [9.17, 15) is 4.79 Å². The minimum absolute atomic E-state index is 0.133. The molecule has 0 atom stereocenters. The minimum Gasteiger partial charge on any atom is -0.375 e. The number of amides is 1. The predicted molar refractivity (Wildman–Crippen MR) is 94.8 cm³/mol. The Morgan fingerprint density at radius 3 is 2.92 bits per heavy atom. The summed E-state index contributed by atoms with van der Waals surface area (Å²) in [6.07, 6.45) is 2.86. The summed E-state index contributed by atoms with van der Waals surface area (Å²) in [4.78, 5) is 27.0. The molecule has 0 saturated carbocycles. The average molecular weight is 347 g/mol. The van der Waals surface area contributed by atoms with Crippen LogP contribution in [0.15, 0.2) is 5.38 Å². The van der Waals surface area contributed by atoms with Crippen molar-refractivity contribution in [3.63, 3.8) is 0 Å². The molecule has 1 aliphatic heterocycles. The van der Waals surface area contributed by atoms with E-state index in [1.807, 2.05) is 0 Å². The van der Waals surface area contributed by atoms with Crippen molar-refractivity contribution in [2.24, 2.45) is 0 Å². The van der Waals surface area contributed by atoms with Crippen LogP contribution in [-0.4, -0.2) is 38.8 Å². The van der Waals surface area contributed by atoms with Gasteiger partial charge in [-0.05, 0) is 12.8 Å². The van der Waals surface area contributed by atoms with Gasteiger partial charge in [0.05, 0.1) is 12.2 Å². The van der Waals surface area contributed by atoms with E-state index in [1.54, 1.807) is 10.3 Å². The topological polar surface area (TPSA) is 123 Å². The van der Waals surface area contributed by atoms with Gasteiger partial charge in [-0.25, -0.2) is 9.97 Å². The summed E-state index contributed by atoms with van der Waals surface area (Å²) in [5.74, 6) is 0.877. The Morgan fingerprint density at radius 2 is 2.21 bits per heavy atom. The van der Waals surface area contributed by atoms with Gasteiger partial charge < -0.3 is 21.7 Å². The van der Waals surface area contributed by atoms with Gasteiger partial charge in [0.2, 0.25) is 5.95 Å². The largest absolute Gasteiger partial charge is 0.375 e. The predicted octanol–water partition coefficient (Wildman–Crippen LogP) is 1.51. The Hall–Kier alpha value is -2.42. The lowest BCUT2D eigenvalue weighted by Crippen LogP contribution is -2.37. The van der Waals surface area contributed by atoms with E-state index in [1.165, 1.54) is 11.3 Å². The first-order valence-electron chi connectivity index (χ1n) is 7.98. The summed E-state index contributed by atoms with van der Waals surface area (Å²) in [6.45, 7) is 3.99. The molecule has 0 aromatic carbocycles. The standard InChI is InChI=1S/C15H21N7OS/c1-2-3-5-18-12-9-4-6-22(7-10(9)19-14(16)21-12)13(23)11-8-24-15(17)20-11/h8H,2-7H2,1H3,(H2,17,20)(H3,16,18,19,21). The number of hydrogen-bond acceptors (Lipinski definition) is 8. The lowest BCUT2D eigenvalue weighted by molar-refractivity contribution is 0.0727. The maximum atomic E-state index is 12.5. The van der Waals surface area contributed by atoms with Crippen LogP contribution in [0.3, 0.4) is 0 Å². The molecule has 5 N–H and O–H groups in total. The van der Waals surface area contributed by atoms with Crippen molar-refractivity contribution in [3.8, 4) is 0 Å². The summed E-state index contributed by atoms with van der Waals surface area (Å²) in [6, 6.07) is 0. The molecule has 8 nitrogen and oxygen atoms in total. The van der Waals surface area contributed by atoms with Crippen molar-refractivity contribution in [2.75, 3.05) is 29.9 Å². The fourth-order valence-corrected chi connectivity index (χ4v) is 3.24. The number of thiazole rings is 1. The van der Waals surface area contributed by atoms with Crippen LogP contribution in [0.1, 0.15) is 41.5 Å². The number of unbranched alkanes of at least 4 members (excludes halogenated alkanes) is 1. The molecule has 0 spiro atoms. The maximum Gasteiger partial charge on any atom is 0.273 e. The molecule has 3 rings (SSSR count). The number of anilines is 3. The molecule has 0 bridgehead atoms. The van der Waals surface area contributed by atoms with Crippen LogP contribution in [0.2, 0.25) is 0 Å². The first kappa shape index (κ1) is 16.4. The first-order chi connectivity index (χ1) is 11.6. The van der Waals surface area contributed by atoms with Crippen LogP contribution < -0.4 is 16.8 Å². The van der Waals surface area contributed by atoms with E-state index >= 15 is 0 Å². The monoisotopic (exact) mass is 347 g/mol. The number of nitrogens with two attached hydrogens (primary N) is 2. The highest BCUT2D eigenvalue weighted by Crippen LogP contribution is 2.25. The molecular formula is C15H21N7OS. The third-order valence-corrected chi connectivity index (χ3v) is 4.61. The van der Waals surface area contributed by atoms with Crippen molar-refractivity contribution < 1.29 is 4.79 Å². The van der Waals surface area contributed by atoms with E-state index in [-0.39, 0.29) is 11.9 Å². The number of carbonyl (C=O) groups excluding carboxylic acids is 1. The van der Waals surface area contributed by atoms with Crippen LogP contribution in [0.25, 0.3) is 0 Å². The molecule has 0 unspecified atom stereocenters. The smallest absolute Gasteiger partial charge is 0.273 e. The Bertz CT molecular complexity index is 745. The molecule has 3 heterocycles. The van der Waals surface area contributed by atoms with Crippen molar-refractivity contribution in [1.29, 1.82) is 0 Å².